The van der Waals surface area contributed by atoms with E-state index in [-0.39, 0.29) is 11.4 Å². The number of carbonyl (C=O) groups is 1. The molecule has 0 bridgehead atoms. The molecule has 17 heavy (non-hydrogen) atoms. The summed E-state index contributed by atoms with van der Waals surface area (Å²) in [5.41, 5.74) is 7.32. The van der Waals surface area contributed by atoms with Gasteiger partial charge in [-0.2, -0.15) is 0 Å². The third-order valence-electron chi connectivity index (χ3n) is 2.34. The van der Waals surface area contributed by atoms with Gasteiger partial charge in [-0.15, -0.1) is 0 Å². The van der Waals surface area contributed by atoms with Crippen molar-refractivity contribution in [3.63, 3.8) is 0 Å². The van der Waals surface area contributed by atoms with E-state index in [4.69, 9.17) is 17.3 Å². The Morgan fingerprint density at radius 2 is 2.12 bits per heavy atom. The Hall–Kier alpha value is -1.06. The highest BCUT2D eigenvalue weighted by Crippen LogP contribution is 2.16. The van der Waals surface area contributed by atoms with Crippen LogP contribution in [0.5, 0.6) is 0 Å². The number of amides is 1. The van der Waals surface area contributed by atoms with Gasteiger partial charge >= 0.3 is 0 Å². The van der Waals surface area contributed by atoms with Crippen LogP contribution in [-0.4, -0.2) is 18.0 Å². The zero-order valence-electron chi connectivity index (χ0n) is 10.5. The molecule has 1 aromatic rings. The third kappa shape index (κ3) is 5.20. The summed E-state index contributed by atoms with van der Waals surface area (Å²) < 4.78 is 0. The number of nitrogens with two attached hydrogens (primary N) is 1. The van der Waals surface area contributed by atoms with Crippen LogP contribution in [0, 0.1) is 6.92 Å². The molecule has 94 valence electrons. The molecular weight excluding hydrogens is 236 g/mol. The summed E-state index contributed by atoms with van der Waals surface area (Å²) in [4.78, 5) is 11.6. The standard InChI is InChI=1S/C13H19ClN2O/c1-9-4-5-10(6-11(9)14)7-12(17)16-8-13(2,3)15/h4-6H,7-8,15H2,1-3H3,(H,16,17). The summed E-state index contributed by atoms with van der Waals surface area (Å²) in [5.74, 6) is -0.0385. The van der Waals surface area contributed by atoms with E-state index in [0.29, 0.717) is 18.0 Å². The highest BCUT2D eigenvalue weighted by Gasteiger charge is 2.12. The van der Waals surface area contributed by atoms with Crippen LogP contribution in [0.2, 0.25) is 5.02 Å². The molecule has 1 aromatic carbocycles. The Morgan fingerprint density at radius 3 is 2.65 bits per heavy atom. The van der Waals surface area contributed by atoms with E-state index in [9.17, 15) is 4.79 Å². The van der Waals surface area contributed by atoms with Gasteiger partial charge in [0.05, 0.1) is 6.42 Å². The number of aryl methyl sites for hydroxylation is 1. The summed E-state index contributed by atoms with van der Waals surface area (Å²) in [6.07, 6.45) is 0.329. The van der Waals surface area contributed by atoms with Crippen molar-refractivity contribution in [3.05, 3.63) is 34.3 Å². The van der Waals surface area contributed by atoms with Gasteiger partial charge in [-0.1, -0.05) is 23.7 Å². The number of rotatable bonds is 4. The molecule has 0 aliphatic rings. The lowest BCUT2D eigenvalue weighted by atomic mass is 10.1. The van der Waals surface area contributed by atoms with Crippen LogP contribution in [-0.2, 0) is 11.2 Å². The first-order chi connectivity index (χ1) is 7.78. The largest absolute Gasteiger partial charge is 0.354 e. The second-order valence-electron chi connectivity index (χ2n) is 5.03. The van der Waals surface area contributed by atoms with Gasteiger partial charge in [-0.05, 0) is 38.0 Å². The number of benzene rings is 1. The molecule has 1 amide bonds. The lowest BCUT2D eigenvalue weighted by molar-refractivity contribution is -0.120. The maximum absolute atomic E-state index is 11.6. The Balaban J connectivity index is 2.54. The molecule has 0 atom stereocenters. The molecule has 0 heterocycles. The Bertz CT molecular complexity index is 410. The van der Waals surface area contributed by atoms with Crippen molar-refractivity contribution < 1.29 is 4.79 Å². The molecule has 0 spiro atoms. The fourth-order valence-electron chi connectivity index (χ4n) is 1.32. The second kappa shape index (κ2) is 5.52. The van der Waals surface area contributed by atoms with Crippen molar-refractivity contribution in [2.24, 2.45) is 5.73 Å². The molecule has 3 nitrogen and oxygen atoms in total. The molecular formula is C13H19ClN2O. The van der Waals surface area contributed by atoms with Crippen LogP contribution in [0.1, 0.15) is 25.0 Å². The van der Waals surface area contributed by atoms with Crippen molar-refractivity contribution in [1.82, 2.24) is 5.32 Å². The van der Waals surface area contributed by atoms with Crippen LogP contribution in [0.4, 0.5) is 0 Å². The smallest absolute Gasteiger partial charge is 0.224 e. The van der Waals surface area contributed by atoms with Crippen molar-refractivity contribution in [2.45, 2.75) is 32.7 Å². The fraction of sp³-hybridized carbons (Fsp3) is 0.462. The second-order valence-corrected chi connectivity index (χ2v) is 5.43. The van der Waals surface area contributed by atoms with Gasteiger partial charge in [0, 0.05) is 17.1 Å². The first-order valence-corrected chi connectivity index (χ1v) is 5.96. The number of nitrogens with one attached hydrogen (secondary N) is 1. The number of carbonyl (C=O) groups excluding carboxylic acids is 1. The zero-order valence-corrected chi connectivity index (χ0v) is 11.3. The summed E-state index contributed by atoms with van der Waals surface area (Å²) in [5, 5.41) is 3.49. The molecule has 0 radical (unpaired) electrons. The minimum absolute atomic E-state index is 0.0385. The summed E-state index contributed by atoms with van der Waals surface area (Å²) >= 11 is 6.00. The third-order valence-corrected chi connectivity index (χ3v) is 2.75. The van der Waals surface area contributed by atoms with Gasteiger partial charge in [-0.25, -0.2) is 0 Å². The summed E-state index contributed by atoms with van der Waals surface area (Å²) in [7, 11) is 0. The quantitative estimate of drug-likeness (QED) is 0.864. The molecule has 4 heteroatoms. The molecule has 1 rings (SSSR count). The molecule has 0 aliphatic carbocycles. The van der Waals surface area contributed by atoms with Crippen molar-refractivity contribution in [3.8, 4) is 0 Å². The van der Waals surface area contributed by atoms with Crippen LogP contribution in [0.3, 0.4) is 0 Å². The zero-order chi connectivity index (χ0) is 13.1. The lowest BCUT2D eigenvalue weighted by Gasteiger charge is -2.18. The van der Waals surface area contributed by atoms with E-state index in [1.54, 1.807) is 0 Å². The average molecular weight is 255 g/mol. The maximum Gasteiger partial charge on any atom is 0.224 e. The number of halogens is 1. The summed E-state index contributed by atoms with van der Waals surface area (Å²) in [6, 6.07) is 5.65. The highest BCUT2D eigenvalue weighted by atomic mass is 35.5. The SMILES string of the molecule is Cc1ccc(CC(=O)NCC(C)(C)N)cc1Cl. The first kappa shape index (κ1) is 14.0. The minimum Gasteiger partial charge on any atom is -0.354 e. The predicted molar refractivity (Wildman–Crippen MR) is 71.2 cm³/mol. The van der Waals surface area contributed by atoms with Crippen LogP contribution in [0.25, 0.3) is 0 Å². The van der Waals surface area contributed by atoms with Gasteiger partial charge < -0.3 is 11.1 Å². The van der Waals surface area contributed by atoms with E-state index in [1.807, 2.05) is 39.0 Å². The topological polar surface area (TPSA) is 55.1 Å². The molecule has 0 fully saturated rings. The molecule has 3 N–H and O–H groups in total. The molecule has 0 aromatic heterocycles. The van der Waals surface area contributed by atoms with Gasteiger partial charge in [0.15, 0.2) is 0 Å². The Morgan fingerprint density at radius 1 is 1.47 bits per heavy atom. The maximum atomic E-state index is 11.6. The monoisotopic (exact) mass is 254 g/mol. The fourth-order valence-corrected chi connectivity index (χ4v) is 1.52. The van der Waals surface area contributed by atoms with E-state index >= 15 is 0 Å². The average Bonchev–Trinajstić information content (AvgIpc) is 2.20. The normalized spacial score (nSPS) is 11.4. The number of hydrogen-bond donors (Lipinski definition) is 2. The minimum atomic E-state index is -0.388. The Labute approximate surface area is 107 Å². The van der Waals surface area contributed by atoms with E-state index in [1.165, 1.54) is 0 Å². The van der Waals surface area contributed by atoms with E-state index in [0.717, 1.165) is 11.1 Å². The number of hydrogen-bond acceptors (Lipinski definition) is 2. The molecule has 0 aliphatic heterocycles. The molecule has 0 unspecified atom stereocenters. The van der Waals surface area contributed by atoms with Gasteiger partial charge in [0.1, 0.15) is 0 Å². The van der Waals surface area contributed by atoms with Crippen molar-refractivity contribution in [1.29, 1.82) is 0 Å². The lowest BCUT2D eigenvalue weighted by Crippen LogP contribution is -2.45. The van der Waals surface area contributed by atoms with Gasteiger partial charge in [0.2, 0.25) is 5.91 Å². The Kier molecular flexibility index (Phi) is 4.54. The van der Waals surface area contributed by atoms with Crippen molar-refractivity contribution >= 4 is 17.5 Å². The van der Waals surface area contributed by atoms with E-state index in [2.05, 4.69) is 5.32 Å². The van der Waals surface area contributed by atoms with E-state index < -0.39 is 0 Å². The van der Waals surface area contributed by atoms with Crippen molar-refractivity contribution in [2.75, 3.05) is 6.54 Å². The van der Waals surface area contributed by atoms with Crippen LogP contribution >= 0.6 is 11.6 Å². The van der Waals surface area contributed by atoms with Crippen LogP contribution < -0.4 is 11.1 Å². The van der Waals surface area contributed by atoms with Crippen LogP contribution in [0.15, 0.2) is 18.2 Å². The molecule has 0 saturated heterocycles. The van der Waals surface area contributed by atoms with Gasteiger partial charge in [-0.3, -0.25) is 4.79 Å². The highest BCUT2D eigenvalue weighted by molar-refractivity contribution is 6.31. The van der Waals surface area contributed by atoms with Gasteiger partial charge in [0.25, 0.3) is 0 Å². The predicted octanol–water partition coefficient (Wildman–Crippen LogP) is 2.04. The molecule has 0 saturated carbocycles. The first-order valence-electron chi connectivity index (χ1n) is 5.58. The summed E-state index contributed by atoms with van der Waals surface area (Å²) in [6.45, 7) is 6.14.